The first-order valence-corrected chi connectivity index (χ1v) is 5.39. The minimum Gasteiger partial charge on any atom is -0.166 e. The van der Waals surface area contributed by atoms with Gasteiger partial charge in [0.15, 0.2) is 0 Å². The van der Waals surface area contributed by atoms with Crippen LogP contribution < -0.4 is 0 Å². The van der Waals surface area contributed by atoms with E-state index in [1.807, 2.05) is 32.9 Å². The van der Waals surface area contributed by atoms with Crippen LogP contribution in [0.2, 0.25) is 0 Å². The minimum atomic E-state index is -4.24. The summed E-state index contributed by atoms with van der Waals surface area (Å²) < 4.78 is 36.7. The van der Waals surface area contributed by atoms with E-state index in [4.69, 9.17) is 0 Å². The smallest absolute Gasteiger partial charge is 0.166 e. The zero-order valence-electron chi connectivity index (χ0n) is 10.9. The summed E-state index contributed by atoms with van der Waals surface area (Å²) in [6, 6.07) is 0. The van der Waals surface area contributed by atoms with Gasteiger partial charge in [0.1, 0.15) is 0 Å². The van der Waals surface area contributed by atoms with Crippen LogP contribution in [0.15, 0.2) is 46.6 Å². The molecule has 0 aromatic rings. The van der Waals surface area contributed by atoms with E-state index in [2.05, 4.69) is 0 Å². The summed E-state index contributed by atoms with van der Waals surface area (Å²) in [5.41, 5.74) is 2.34. The molecule has 0 heterocycles. The molecule has 0 rings (SSSR count). The Hall–Kier alpha value is -1.25. The molecule has 0 spiro atoms. The molecule has 17 heavy (non-hydrogen) atoms. The van der Waals surface area contributed by atoms with Crippen molar-refractivity contribution in [2.45, 2.75) is 40.8 Å². The quantitative estimate of drug-likeness (QED) is 0.587. The van der Waals surface area contributed by atoms with Crippen LogP contribution in [-0.4, -0.2) is 6.18 Å². The molecule has 0 aliphatic heterocycles. The fourth-order valence-corrected chi connectivity index (χ4v) is 0.899. The maximum atomic E-state index is 12.2. The Morgan fingerprint density at radius 3 is 1.47 bits per heavy atom. The van der Waals surface area contributed by atoms with Gasteiger partial charge in [0.2, 0.25) is 0 Å². The van der Waals surface area contributed by atoms with Crippen LogP contribution in [0.5, 0.6) is 0 Å². The first-order valence-electron chi connectivity index (χ1n) is 5.39. The molecule has 0 bridgehead atoms. The summed E-state index contributed by atoms with van der Waals surface area (Å²) in [4.78, 5) is 0. The third-order valence-corrected chi connectivity index (χ3v) is 2.32. The van der Waals surface area contributed by atoms with Crippen molar-refractivity contribution in [2.75, 3.05) is 0 Å². The molecule has 0 aliphatic carbocycles. The van der Waals surface area contributed by atoms with E-state index < -0.39 is 11.7 Å². The maximum absolute atomic E-state index is 12.2. The lowest BCUT2D eigenvalue weighted by molar-refractivity contribution is -0.0912. The molecule has 0 unspecified atom stereocenters. The molecular formula is C14H19F3. The third kappa shape index (κ3) is 6.82. The Labute approximate surface area is 101 Å². The summed E-state index contributed by atoms with van der Waals surface area (Å²) in [5.74, 6) is 0. The summed E-state index contributed by atoms with van der Waals surface area (Å²) >= 11 is 0. The highest BCUT2D eigenvalue weighted by Gasteiger charge is 2.29. The maximum Gasteiger partial charge on any atom is 0.412 e. The van der Waals surface area contributed by atoms with Crippen LogP contribution in [-0.2, 0) is 0 Å². The lowest BCUT2D eigenvalue weighted by Gasteiger charge is -2.05. The number of rotatable bonds is 3. The zero-order chi connectivity index (χ0) is 13.6. The van der Waals surface area contributed by atoms with Gasteiger partial charge in [-0.3, -0.25) is 0 Å². The van der Waals surface area contributed by atoms with Gasteiger partial charge in [-0.05, 0) is 45.8 Å². The molecule has 0 atom stereocenters. The zero-order valence-corrected chi connectivity index (χ0v) is 10.9. The number of allylic oxidation sites excluding steroid dienone is 8. The summed E-state index contributed by atoms with van der Waals surface area (Å²) in [5, 5.41) is 0. The highest BCUT2D eigenvalue weighted by Crippen LogP contribution is 2.25. The molecule has 0 saturated carbocycles. The molecule has 0 amide bonds. The number of alkyl halides is 3. The van der Waals surface area contributed by atoms with Gasteiger partial charge < -0.3 is 0 Å². The van der Waals surface area contributed by atoms with Crippen LogP contribution >= 0.6 is 0 Å². The van der Waals surface area contributed by atoms with Crippen LogP contribution in [0.4, 0.5) is 13.2 Å². The van der Waals surface area contributed by atoms with Crippen LogP contribution in [0, 0.1) is 0 Å². The van der Waals surface area contributed by atoms with Crippen molar-refractivity contribution in [1.82, 2.24) is 0 Å². The standard InChI is InChI=1S/C14H19F3/c1-10(2)6-7-11(3)12(4)8-9-13(5)14(15,16)17/h6-9H,1-5H3/b11-7+,12-8+,13-9+. The van der Waals surface area contributed by atoms with Crippen molar-refractivity contribution in [2.24, 2.45) is 0 Å². The van der Waals surface area contributed by atoms with Gasteiger partial charge >= 0.3 is 6.18 Å². The highest BCUT2D eigenvalue weighted by molar-refractivity contribution is 5.34. The Balaban J connectivity index is 4.90. The second-order valence-electron chi connectivity index (χ2n) is 4.29. The van der Waals surface area contributed by atoms with Gasteiger partial charge in [-0.1, -0.05) is 29.9 Å². The van der Waals surface area contributed by atoms with Crippen LogP contribution in [0.3, 0.4) is 0 Å². The predicted octanol–water partition coefficient (Wildman–Crippen LogP) is 5.35. The molecule has 0 fully saturated rings. The van der Waals surface area contributed by atoms with Crippen LogP contribution in [0.1, 0.15) is 34.6 Å². The van der Waals surface area contributed by atoms with Crippen molar-refractivity contribution < 1.29 is 13.2 Å². The number of hydrogen-bond donors (Lipinski definition) is 0. The molecule has 0 nitrogen and oxygen atoms in total. The van der Waals surface area contributed by atoms with Gasteiger partial charge in [0.05, 0.1) is 0 Å². The molecule has 0 aromatic heterocycles. The number of hydrogen-bond acceptors (Lipinski definition) is 0. The molecule has 0 N–H and O–H groups in total. The summed E-state index contributed by atoms with van der Waals surface area (Å²) in [7, 11) is 0. The van der Waals surface area contributed by atoms with Gasteiger partial charge in [-0.15, -0.1) is 0 Å². The van der Waals surface area contributed by atoms with E-state index in [1.165, 1.54) is 6.08 Å². The Morgan fingerprint density at radius 2 is 1.12 bits per heavy atom. The minimum absolute atomic E-state index is 0.591. The van der Waals surface area contributed by atoms with E-state index in [-0.39, 0.29) is 0 Å². The lowest BCUT2D eigenvalue weighted by Crippen LogP contribution is -2.08. The topological polar surface area (TPSA) is 0 Å². The van der Waals surface area contributed by atoms with Gasteiger partial charge in [0.25, 0.3) is 0 Å². The van der Waals surface area contributed by atoms with E-state index in [0.717, 1.165) is 29.7 Å². The Kier molecular flexibility index (Phi) is 6.00. The fourth-order valence-electron chi connectivity index (χ4n) is 0.899. The van der Waals surface area contributed by atoms with E-state index in [9.17, 15) is 13.2 Å². The lowest BCUT2D eigenvalue weighted by atomic mass is 10.1. The van der Waals surface area contributed by atoms with Crippen molar-refractivity contribution in [1.29, 1.82) is 0 Å². The highest BCUT2D eigenvalue weighted by atomic mass is 19.4. The van der Waals surface area contributed by atoms with Crippen molar-refractivity contribution in [3.8, 4) is 0 Å². The Bertz CT molecular complexity index is 373. The van der Waals surface area contributed by atoms with Crippen molar-refractivity contribution in [3.05, 3.63) is 46.6 Å². The third-order valence-electron chi connectivity index (χ3n) is 2.32. The molecule has 96 valence electrons. The molecule has 0 aliphatic rings. The van der Waals surface area contributed by atoms with Gasteiger partial charge in [0, 0.05) is 5.57 Å². The summed E-state index contributed by atoms with van der Waals surface area (Å²) in [6.45, 7) is 8.68. The van der Waals surface area contributed by atoms with Crippen LogP contribution in [0.25, 0.3) is 0 Å². The molecule has 0 radical (unpaired) electrons. The molecular weight excluding hydrogens is 225 g/mol. The molecule has 3 heteroatoms. The van der Waals surface area contributed by atoms with Gasteiger partial charge in [-0.2, -0.15) is 13.2 Å². The monoisotopic (exact) mass is 244 g/mol. The van der Waals surface area contributed by atoms with E-state index in [1.54, 1.807) is 6.92 Å². The predicted molar refractivity (Wildman–Crippen MR) is 66.8 cm³/mol. The van der Waals surface area contributed by atoms with Crippen molar-refractivity contribution in [3.63, 3.8) is 0 Å². The SMILES string of the molecule is CC(C)=C/C=C(C)/C(C)=C/C=C(\C)C(F)(F)F. The first-order chi connectivity index (χ1) is 7.64. The number of halogens is 3. The first kappa shape index (κ1) is 15.8. The average molecular weight is 244 g/mol. The Morgan fingerprint density at radius 1 is 0.706 bits per heavy atom. The van der Waals surface area contributed by atoms with E-state index >= 15 is 0 Å². The average Bonchev–Trinajstić information content (AvgIpc) is 2.20. The van der Waals surface area contributed by atoms with Gasteiger partial charge in [-0.25, -0.2) is 0 Å². The molecule has 0 saturated heterocycles. The normalized spacial score (nSPS) is 14.9. The largest absolute Gasteiger partial charge is 0.412 e. The second kappa shape index (κ2) is 6.48. The van der Waals surface area contributed by atoms with E-state index in [0.29, 0.717) is 0 Å². The fraction of sp³-hybridized carbons (Fsp3) is 0.429. The second-order valence-corrected chi connectivity index (χ2v) is 4.29. The van der Waals surface area contributed by atoms with Crippen molar-refractivity contribution >= 4 is 0 Å². The summed E-state index contributed by atoms with van der Waals surface area (Å²) in [6.07, 6.45) is 2.20. The molecule has 0 aromatic carbocycles.